The van der Waals surface area contributed by atoms with Gasteiger partial charge in [0.15, 0.2) is 0 Å². The average molecular weight is 238 g/mol. The van der Waals surface area contributed by atoms with E-state index in [9.17, 15) is 0 Å². The summed E-state index contributed by atoms with van der Waals surface area (Å²) in [4.78, 5) is 2.60. The molecular weight excluding hydrogens is 212 g/mol. The maximum absolute atomic E-state index is 5.79. The first-order chi connectivity index (χ1) is 8.16. The molecule has 1 unspecified atom stereocenters. The van der Waals surface area contributed by atoms with Crippen molar-refractivity contribution in [2.24, 2.45) is 0 Å². The Morgan fingerprint density at radius 1 is 1.41 bits per heavy atom. The van der Waals surface area contributed by atoms with Crippen LogP contribution in [0.3, 0.4) is 0 Å². The summed E-state index contributed by atoms with van der Waals surface area (Å²) in [6.07, 6.45) is 5.99. The minimum atomic E-state index is 0.142. The average Bonchev–Trinajstić information content (AvgIpc) is 2.97. The standard InChI is InChI=1S/C14H26N2O/c1-4-15-13(12-8-7-11-17-12)14(2,3)16-9-5-6-10-16/h8,13,15H,4-7,9-11H2,1-3H3. The van der Waals surface area contributed by atoms with Crippen molar-refractivity contribution >= 4 is 0 Å². The highest BCUT2D eigenvalue weighted by Gasteiger charge is 2.39. The predicted molar refractivity (Wildman–Crippen MR) is 71.0 cm³/mol. The monoisotopic (exact) mass is 238 g/mol. The third kappa shape index (κ3) is 2.66. The maximum Gasteiger partial charge on any atom is 0.111 e. The Balaban J connectivity index is 2.12. The Labute approximate surface area is 105 Å². The van der Waals surface area contributed by atoms with Gasteiger partial charge in [0.2, 0.25) is 0 Å². The number of ether oxygens (including phenoxy) is 1. The van der Waals surface area contributed by atoms with Gasteiger partial charge in [0.1, 0.15) is 5.76 Å². The lowest BCUT2D eigenvalue weighted by molar-refractivity contribution is 0.0887. The molecule has 2 heterocycles. The molecule has 0 aromatic rings. The molecule has 3 nitrogen and oxygen atoms in total. The minimum Gasteiger partial charge on any atom is -0.496 e. The third-order valence-corrected chi connectivity index (χ3v) is 4.05. The Bertz CT molecular complexity index is 280. The fourth-order valence-electron chi connectivity index (χ4n) is 3.02. The summed E-state index contributed by atoms with van der Waals surface area (Å²) in [7, 11) is 0. The fourth-order valence-corrected chi connectivity index (χ4v) is 3.02. The van der Waals surface area contributed by atoms with Gasteiger partial charge in [-0.15, -0.1) is 0 Å². The molecule has 2 aliphatic heterocycles. The van der Waals surface area contributed by atoms with Gasteiger partial charge in [-0.3, -0.25) is 4.90 Å². The summed E-state index contributed by atoms with van der Waals surface area (Å²) in [5.41, 5.74) is 0.142. The molecule has 0 bridgehead atoms. The molecule has 98 valence electrons. The van der Waals surface area contributed by atoms with Crippen LogP contribution < -0.4 is 5.32 Å². The largest absolute Gasteiger partial charge is 0.496 e. The van der Waals surface area contributed by atoms with E-state index in [-0.39, 0.29) is 5.54 Å². The van der Waals surface area contributed by atoms with Crippen molar-refractivity contribution in [1.82, 2.24) is 10.2 Å². The number of likely N-dealkylation sites (N-methyl/N-ethyl adjacent to an activating group) is 1. The van der Waals surface area contributed by atoms with E-state index in [0.717, 1.165) is 25.3 Å². The lowest BCUT2D eigenvalue weighted by Gasteiger charge is -2.42. The molecule has 1 N–H and O–H groups in total. The number of hydrogen-bond donors (Lipinski definition) is 1. The zero-order chi connectivity index (χ0) is 12.3. The van der Waals surface area contributed by atoms with Crippen molar-refractivity contribution in [3.05, 3.63) is 11.8 Å². The second-order valence-corrected chi connectivity index (χ2v) is 5.58. The predicted octanol–water partition coefficient (Wildman–Crippen LogP) is 2.14. The van der Waals surface area contributed by atoms with Gasteiger partial charge >= 0.3 is 0 Å². The highest BCUT2D eigenvalue weighted by molar-refractivity contribution is 5.15. The van der Waals surface area contributed by atoms with Crippen LogP contribution in [0.4, 0.5) is 0 Å². The van der Waals surface area contributed by atoms with Gasteiger partial charge in [-0.25, -0.2) is 0 Å². The van der Waals surface area contributed by atoms with Crippen LogP contribution in [0.1, 0.15) is 40.0 Å². The van der Waals surface area contributed by atoms with Crippen LogP contribution in [0.25, 0.3) is 0 Å². The van der Waals surface area contributed by atoms with E-state index in [0.29, 0.717) is 6.04 Å². The molecule has 1 fully saturated rings. The van der Waals surface area contributed by atoms with Crippen molar-refractivity contribution in [1.29, 1.82) is 0 Å². The second-order valence-electron chi connectivity index (χ2n) is 5.58. The fraction of sp³-hybridized carbons (Fsp3) is 0.857. The zero-order valence-electron chi connectivity index (χ0n) is 11.5. The van der Waals surface area contributed by atoms with Crippen LogP contribution in [-0.2, 0) is 4.74 Å². The molecule has 0 radical (unpaired) electrons. The molecule has 0 spiro atoms. The van der Waals surface area contributed by atoms with Crippen LogP contribution in [0.2, 0.25) is 0 Å². The lowest BCUT2D eigenvalue weighted by atomic mass is 9.90. The van der Waals surface area contributed by atoms with Crippen molar-refractivity contribution in [3.63, 3.8) is 0 Å². The van der Waals surface area contributed by atoms with E-state index in [1.807, 2.05) is 0 Å². The topological polar surface area (TPSA) is 24.5 Å². The Kier molecular flexibility index (Phi) is 4.10. The smallest absolute Gasteiger partial charge is 0.111 e. The summed E-state index contributed by atoms with van der Waals surface area (Å²) >= 11 is 0. The van der Waals surface area contributed by atoms with Crippen molar-refractivity contribution in [3.8, 4) is 0 Å². The number of nitrogens with zero attached hydrogens (tertiary/aromatic N) is 1. The van der Waals surface area contributed by atoms with Gasteiger partial charge in [0.25, 0.3) is 0 Å². The molecule has 17 heavy (non-hydrogen) atoms. The van der Waals surface area contributed by atoms with Gasteiger partial charge < -0.3 is 10.1 Å². The number of likely N-dealkylation sites (tertiary alicyclic amines) is 1. The first-order valence-electron chi connectivity index (χ1n) is 6.97. The Morgan fingerprint density at radius 2 is 2.12 bits per heavy atom. The molecule has 0 aliphatic carbocycles. The van der Waals surface area contributed by atoms with Crippen molar-refractivity contribution < 1.29 is 4.74 Å². The Hall–Kier alpha value is -0.540. The van der Waals surface area contributed by atoms with Crippen LogP contribution in [0.15, 0.2) is 11.8 Å². The molecule has 0 aromatic heterocycles. The van der Waals surface area contributed by atoms with Gasteiger partial charge in [-0.1, -0.05) is 6.92 Å². The van der Waals surface area contributed by atoms with Crippen LogP contribution in [0.5, 0.6) is 0 Å². The van der Waals surface area contributed by atoms with E-state index in [4.69, 9.17) is 4.74 Å². The molecule has 1 saturated heterocycles. The SMILES string of the molecule is CCNC(C1=CCCO1)C(C)(C)N1CCCC1. The lowest BCUT2D eigenvalue weighted by Crippen LogP contribution is -2.57. The molecule has 2 rings (SSSR count). The molecule has 0 saturated carbocycles. The Morgan fingerprint density at radius 3 is 2.65 bits per heavy atom. The molecule has 0 aromatic carbocycles. The van der Waals surface area contributed by atoms with Crippen LogP contribution in [0, 0.1) is 0 Å². The molecule has 1 atom stereocenters. The minimum absolute atomic E-state index is 0.142. The highest BCUT2D eigenvalue weighted by Crippen LogP contribution is 2.30. The summed E-state index contributed by atoms with van der Waals surface area (Å²) < 4.78 is 5.79. The van der Waals surface area contributed by atoms with Crippen LogP contribution >= 0.6 is 0 Å². The number of rotatable bonds is 5. The van der Waals surface area contributed by atoms with E-state index in [1.165, 1.54) is 25.9 Å². The first kappa shape index (κ1) is 12.9. The highest BCUT2D eigenvalue weighted by atomic mass is 16.5. The molecule has 0 amide bonds. The number of nitrogens with one attached hydrogen (secondary N) is 1. The van der Waals surface area contributed by atoms with E-state index >= 15 is 0 Å². The second kappa shape index (κ2) is 5.40. The van der Waals surface area contributed by atoms with E-state index in [1.54, 1.807) is 0 Å². The molecular formula is C14H26N2O. The first-order valence-corrected chi connectivity index (χ1v) is 6.97. The molecule has 2 aliphatic rings. The van der Waals surface area contributed by atoms with E-state index in [2.05, 4.69) is 37.1 Å². The van der Waals surface area contributed by atoms with E-state index < -0.39 is 0 Å². The van der Waals surface area contributed by atoms with Crippen LogP contribution in [-0.4, -0.2) is 42.7 Å². The van der Waals surface area contributed by atoms with Gasteiger partial charge in [-0.05, 0) is 52.4 Å². The summed E-state index contributed by atoms with van der Waals surface area (Å²) in [6.45, 7) is 11.1. The summed E-state index contributed by atoms with van der Waals surface area (Å²) in [6, 6.07) is 0.327. The quantitative estimate of drug-likeness (QED) is 0.794. The van der Waals surface area contributed by atoms with Crippen molar-refractivity contribution in [2.45, 2.75) is 51.6 Å². The zero-order valence-corrected chi connectivity index (χ0v) is 11.5. The maximum atomic E-state index is 5.79. The van der Waals surface area contributed by atoms with Crippen molar-refractivity contribution in [2.75, 3.05) is 26.2 Å². The number of hydrogen-bond acceptors (Lipinski definition) is 3. The third-order valence-electron chi connectivity index (χ3n) is 4.05. The van der Waals surface area contributed by atoms with Gasteiger partial charge in [0, 0.05) is 12.0 Å². The van der Waals surface area contributed by atoms with Gasteiger partial charge in [0.05, 0.1) is 12.6 Å². The molecule has 3 heteroatoms. The van der Waals surface area contributed by atoms with Gasteiger partial charge in [-0.2, -0.15) is 0 Å². The normalized spacial score (nSPS) is 23.6. The summed E-state index contributed by atoms with van der Waals surface area (Å²) in [5.74, 6) is 1.16. The summed E-state index contributed by atoms with van der Waals surface area (Å²) in [5, 5.41) is 3.61.